The molecule has 0 fully saturated rings. The van der Waals surface area contributed by atoms with Gasteiger partial charge in [0.25, 0.3) is 0 Å². The molecule has 3 nitrogen and oxygen atoms in total. The van der Waals surface area contributed by atoms with Gasteiger partial charge in [0.05, 0.1) is 12.8 Å². The van der Waals surface area contributed by atoms with Crippen LogP contribution in [0.2, 0.25) is 0 Å². The average molecular weight is 385 g/mol. The summed E-state index contributed by atoms with van der Waals surface area (Å²) in [6, 6.07) is 10.0. The highest BCUT2D eigenvalue weighted by Crippen LogP contribution is 2.18. The van der Waals surface area contributed by atoms with Crippen LogP contribution in [0.15, 0.2) is 41.0 Å². The zero-order chi connectivity index (χ0) is 14.4. The summed E-state index contributed by atoms with van der Waals surface area (Å²) in [5, 5.41) is 3.38. The SMILES string of the molecule is CC(C)CNCc1occc1COc1cccc(I)c1. The third kappa shape index (κ3) is 4.83. The summed E-state index contributed by atoms with van der Waals surface area (Å²) in [7, 11) is 0. The molecule has 0 aliphatic rings. The predicted octanol–water partition coefficient (Wildman–Crippen LogP) is 4.21. The normalized spacial score (nSPS) is 11.0. The standard InChI is InChI=1S/C16H20INO2/c1-12(2)9-18-10-16-13(6-7-19-16)11-20-15-5-3-4-14(17)8-15/h3-8,12,18H,9-11H2,1-2H3. The molecule has 0 saturated carbocycles. The molecule has 4 heteroatoms. The second-order valence-electron chi connectivity index (χ2n) is 5.14. The van der Waals surface area contributed by atoms with E-state index in [9.17, 15) is 0 Å². The molecular weight excluding hydrogens is 365 g/mol. The van der Waals surface area contributed by atoms with Crippen molar-refractivity contribution in [3.8, 4) is 5.75 Å². The second kappa shape index (κ2) is 7.69. The van der Waals surface area contributed by atoms with Gasteiger partial charge in [0.1, 0.15) is 18.1 Å². The van der Waals surface area contributed by atoms with Crippen LogP contribution in [-0.2, 0) is 13.2 Å². The van der Waals surface area contributed by atoms with Crippen molar-refractivity contribution in [2.45, 2.75) is 27.0 Å². The monoisotopic (exact) mass is 385 g/mol. The van der Waals surface area contributed by atoms with Gasteiger partial charge in [0.2, 0.25) is 0 Å². The fourth-order valence-corrected chi connectivity index (χ4v) is 2.36. The Balaban J connectivity index is 1.88. The van der Waals surface area contributed by atoms with E-state index in [-0.39, 0.29) is 0 Å². The first-order valence-corrected chi connectivity index (χ1v) is 7.87. The van der Waals surface area contributed by atoms with Crippen molar-refractivity contribution in [3.05, 3.63) is 51.5 Å². The molecule has 0 spiro atoms. The van der Waals surface area contributed by atoms with Crippen molar-refractivity contribution in [1.29, 1.82) is 0 Å². The predicted molar refractivity (Wildman–Crippen MR) is 88.7 cm³/mol. The Hall–Kier alpha value is -1.01. The van der Waals surface area contributed by atoms with Gasteiger partial charge in [-0.2, -0.15) is 0 Å². The molecule has 1 heterocycles. The Morgan fingerprint density at radius 1 is 1.30 bits per heavy atom. The van der Waals surface area contributed by atoms with Gasteiger partial charge in [0, 0.05) is 9.13 Å². The van der Waals surface area contributed by atoms with E-state index in [1.165, 1.54) is 3.57 Å². The number of hydrogen-bond donors (Lipinski definition) is 1. The van der Waals surface area contributed by atoms with Crippen molar-refractivity contribution in [3.63, 3.8) is 0 Å². The van der Waals surface area contributed by atoms with Crippen LogP contribution in [0.25, 0.3) is 0 Å². The number of rotatable bonds is 7. The third-order valence-corrected chi connectivity index (χ3v) is 3.54. The van der Waals surface area contributed by atoms with Crippen LogP contribution < -0.4 is 10.1 Å². The van der Waals surface area contributed by atoms with E-state index in [0.29, 0.717) is 12.5 Å². The lowest BCUT2D eigenvalue weighted by Gasteiger charge is -2.09. The molecule has 0 radical (unpaired) electrons. The van der Waals surface area contributed by atoms with Crippen LogP contribution in [0.4, 0.5) is 0 Å². The molecule has 0 aliphatic carbocycles. The van der Waals surface area contributed by atoms with E-state index in [2.05, 4.69) is 41.8 Å². The molecule has 2 rings (SSSR count). The van der Waals surface area contributed by atoms with Gasteiger partial charge < -0.3 is 14.5 Å². The van der Waals surface area contributed by atoms with Crippen molar-refractivity contribution in [1.82, 2.24) is 5.32 Å². The molecule has 0 unspecified atom stereocenters. The molecule has 1 aromatic carbocycles. The van der Waals surface area contributed by atoms with Gasteiger partial charge in [0.15, 0.2) is 0 Å². The summed E-state index contributed by atoms with van der Waals surface area (Å²) in [6.45, 7) is 6.65. The molecule has 108 valence electrons. The lowest BCUT2D eigenvalue weighted by Crippen LogP contribution is -2.19. The molecule has 0 amide bonds. The van der Waals surface area contributed by atoms with E-state index >= 15 is 0 Å². The molecule has 0 bridgehead atoms. The van der Waals surface area contributed by atoms with Crippen molar-refractivity contribution in [2.24, 2.45) is 5.92 Å². The molecule has 2 aromatic rings. The highest BCUT2D eigenvalue weighted by atomic mass is 127. The fraction of sp³-hybridized carbons (Fsp3) is 0.375. The Morgan fingerprint density at radius 2 is 2.15 bits per heavy atom. The molecule has 0 saturated heterocycles. The molecule has 1 aromatic heterocycles. The van der Waals surface area contributed by atoms with Crippen LogP contribution in [-0.4, -0.2) is 6.54 Å². The summed E-state index contributed by atoms with van der Waals surface area (Å²) >= 11 is 2.28. The van der Waals surface area contributed by atoms with Gasteiger partial charge >= 0.3 is 0 Å². The van der Waals surface area contributed by atoms with Crippen LogP contribution in [0, 0.1) is 9.49 Å². The van der Waals surface area contributed by atoms with E-state index in [1.807, 2.05) is 30.3 Å². The van der Waals surface area contributed by atoms with E-state index in [1.54, 1.807) is 6.26 Å². The Labute approximate surface area is 133 Å². The minimum Gasteiger partial charge on any atom is -0.489 e. The van der Waals surface area contributed by atoms with Crippen LogP contribution in [0.3, 0.4) is 0 Å². The van der Waals surface area contributed by atoms with E-state index in [4.69, 9.17) is 9.15 Å². The Morgan fingerprint density at radius 3 is 2.90 bits per heavy atom. The van der Waals surface area contributed by atoms with Gasteiger partial charge in [-0.05, 0) is 59.3 Å². The third-order valence-electron chi connectivity index (χ3n) is 2.87. The topological polar surface area (TPSA) is 34.4 Å². The first kappa shape index (κ1) is 15.4. The zero-order valence-electron chi connectivity index (χ0n) is 11.9. The largest absolute Gasteiger partial charge is 0.489 e. The lowest BCUT2D eigenvalue weighted by molar-refractivity contribution is 0.301. The van der Waals surface area contributed by atoms with Crippen LogP contribution >= 0.6 is 22.6 Å². The van der Waals surface area contributed by atoms with Crippen LogP contribution in [0.5, 0.6) is 5.75 Å². The summed E-state index contributed by atoms with van der Waals surface area (Å²) in [4.78, 5) is 0. The van der Waals surface area contributed by atoms with Gasteiger partial charge in [-0.3, -0.25) is 0 Å². The first-order chi connectivity index (χ1) is 9.65. The van der Waals surface area contributed by atoms with Crippen molar-refractivity contribution < 1.29 is 9.15 Å². The van der Waals surface area contributed by atoms with Gasteiger partial charge in [-0.25, -0.2) is 0 Å². The Kier molecular flexibility index (Phi) is 5.91. The molecular formula is C16H20INO2. The highest BCUT2D eigenvalue weighted by molar-refractivity contribution is 14.1. The first-order valence-electron chi connectivity index (χ1n) is 6.79. The number of halogens is 1. The van der Waals surface area contributed by atoms with E-state index in [0.717, 1.165) is 30.2 Å². The summed E-state index contributed by atoms with van der Waals surface area (Å²) in [5.74, 6) is 2.48. The number of nitrogens with one attached hydrogen (secondary N) is 1. The molecule has 0 aliphatic heterocycles. The average Bonchev–Trinajstić information content (AvgIpc) is 2.84. The number of ether oxygens (including phenoxy) is 1. The maximum atomic E-state index is 5.81. The van der Waals surface area contributed by atoms with Gasteiger partial charge in [-0.15, -0.1) is 0 Å². The maximum absolute atomic E-state index is 5.81. The highest BCUT2D eigenvalue weighted by Gasteiger charge is 2.07. The molecule has 0 atom stereocenters. The summed E-state index contributed by atoms with van der Waals surface area (Å²) in [6.07, 6.45) is 1.72. The zero-order valence-corrected chi connectivity index (χ0v) is 14.0. The summed E-state index contributed by atoms with van der Waals surface area (Å²) in [5.41, 5.74) is 1.10. The quantitative estimate of drug-likeness (QED) is 0.726. The van der Waals surface area contributed by atoms with E-state index < -0.39 is 0 Å². The molecule has 1 N–H and O–H groups in total. The minimum atomic E-state index is 0.537. The fourth-order valence-electron chi connectivity index (χ4n) is 1.84. The molecule has 20 heavy (non-hydrogen) atoms. The van der Waals surface area contributed by atoms with Crippen molar-refractivity contribution in [2.75, 3.05) is 6.54 Å². The number of benzene rings is 1. The maximum Gasteiger partial charge on any atom is 0.124 e. The Bertz CT molecular complexity index is 537. The van der Waals surface area contributed by atoms with Gasteiger partial charge in [-0.1, -0.05) is 19.9 Å². The second-order valence-corrected chi connectivity index (χ2v) is 6.39. The number of hydrogen-bond acceptors (Lipinski definition) is 3. The lowest BCUT2D eigenvalue weighted by atomic mass is 10.2. The summed E-state index contributed by atoms with van der Waals surface area (Å²) < 4.78 is 12.5. The van der Waals surface area contributed by atoms with Crippen molar-refractivity contribution >= 4 is 22.6 Å². The minimum absolute atomic E-state index is 0.537. The smallest absolute Gasteiger partial charge is 0.124 e. The van der Waals surface area contributed by atoms with Crippen LogP contribution in [0.1, 0.15) is 25.2 Å². The number of furan rings is 1.